The predicted molar refractivity (Wildman–Crippen MR) is 139 cm³/mol. The zero-order valence-corrected chi connectivity index (χ0v) is 20.4. The van der Waals surface area contributed by atoms with Gasteiger partial charge in [0.1, 0.15) is 24.1 Å². The number of halogens is 1. The Morgan fingerprint density at radius 2 is 1.79 bits per heavy atom. The second kappa shape index (κ2) is 9.79. The molecule has 170 valence electrons. The van der Waals surface area contributed by atoms with E-state index in [1.54, 1.807) is 6.20 Å². The summed E-state index contributed by atoms with van der Waals surface area (Å²) in [6.07, 6.45) is 1.75. The number of furan rings is 1. The number of nitrogens with one attached hydrogen (secondary N) is 2. The second-order valence-electron chi connectivity index (χ2n) is 7.88. The lowest BCUT2D eigenvalue weighted by Crippen LogP contribution is -2.36. The Bertz CT molecular complexity index is 1300. The van der Waals surface area contributed by atoms with Gasteiger partial charge < -0.3 is 20.0 Å². The molecule has 0 saturated carbocycles. The number of amides is 1. The summed E-state index contributed by atoms with van der Waals surface area (Å²) in [5.74, 6) is 1.28. The monoisotopic (exact) mass is 532 g/mol. The standard InChI is InChI=1S/C26H21BrN4O2S/c27-18-11-9-17(10-12-18)21-13-14-22(33-21)25-24(20-8-4-5-15-28-20)30-26(34)31(25)16-23(32)29-19-6-2-1-3-7-19/h1-15,24-25H,16H2,(H,29,32)(H,30,34)/t24-,25-/m0/s1. The molecule has 2 N–H and O–H groups in total. The number of carbonyl (C=O) groups is 1. The molecule has 0 spiro atoms. The van der Waals surface area contributed by atoms with Gasteiger partial charge in [-0.15, -0.1) is 0 Å². The van der Waals surface area contributed by atoms with Crippen LogP contribution in [0.5, 0.6) is 0 Å². The van der Waals surface area contributed by atoms with E-state index in [-0.39, 0.29) is 24.5 Å². The molecule has 1 aliphatic heterocycles. The van der Waals surface area contributed by atoms with Crippen molar-refractivity contribution < 1.29 is 9.21 Å². The fourth-order valence-corrected chi connectivity index (χ4v) is 4.61. The number of carbonyl (C=O) groups excluding carboxylic acids is 1. The van der Waals surface area contributed by atoms with Gasteiger partial charge in [0.25, 0.3) is 0 Å². The van der Waals surface area contributed by atoms with Gasteiger partial charge in [-0.25, -0.2) is 0 Å². The van der Waals surface area contributed by atoms with Gasteiger partial charge in [-0.2, -0.15) is 0 Å². The van der Waals surface area contributed by atoms with Crippen molar-refractivity contribution in [2.75, 3.05) is 11.9 Å². The zero-order chi connectivity index (χ0) is 23.5. The summed E-state index contributed by atoms with van der Waals surface area (Å²) >= 11 is 9.12. The molecule has 5 rings (SSSR count). The molecule has 1 saturated heterocycles. The van der Waals surface area contributed by atoms with E-state index in [1.165, 1.54) is 0 Å². The summed E-state index contributed by atoms with van der Waals surface area (Å²) in [6, 6.07) is 26.3. The van der Waals surface area contributed by atoms with Crippen LogP contribution < -0.4 is 10.6 Å². The maximum Gasteiger partial charge on any atom is 0.244 e. The normalized spacial score (nSPS) is 17.4. The van der Waals surface area contributed by atoms with Crippen molar-refractivity contribution in [2.45, 2.75) is 12.1 Å². The predicted octanol–water partition coefficient (Wildman–Crippen LogP) is 5.72. The van der Waals surface area contributed by atoms with Crippen molar-refractivity contribution in [1.82, 2.24) is 15.2 Å². The molecule has 8 heteroatoms. The van der Waals surface area contributed by atoms with Crippen molar-refractivity contribution in [3.05, 3.63) is 107 Å². The molecule has 0 unspecified atom stereocenters. The van der Waals surface area contributed by atoms with E-state index in [0.717, 1.165) is 27.2 Å². The summed E-state index contributed by atoms with van der Waals surface area (Å²) in [5, 5.41) is 6.75. The van der Waals surface area contributed by atoms with Crippen LogP contribution in [-0.4, -0.2) is 27.4 Å². The maximum atomic E-state index is 12.9. The van der Waals surface area contributed by atoms with Crippen LogP contribution in [0.4, 0.5) is 5.69 Å². The second-order valence-corrected chi connectivity index (χ2v) is 9.18. The van der Waals surface area contributed by atoms with Crippen LogP contribution in [0.2, 0.25) is 0 Å². The molecule has 1 fully saturated rings. The first-order chi connectivity index (χ1) is 16.6. The highest BCUT2D eigenvalue weighted by Gasteiger charge is 2.42. The lowest BCUT2D eigenvalue weighted by atomic mass is 10.0. The fourth-order valence-electron chi connectivity index (χ4n) is 4.04. The van der Waals surface area contributed by atoms with E-state index in [1.807, 2.05) is 89.8 Å². The van der Waals surface area contributed by atoms with Crippen LogP contribution in [-0.2, 0) is 4.79 Å². The first-order valence-corrected chi connectivity index (χ1v) is 12.0. The number of para-hydroxylation sites is 1. The number of anilines is 1. The first-order valence-electron chi connectivity index (χ1n) is 10.8. The van der Waals surface area contributed by atoms with E-state index >= 15 is 0 Å². The number of benzene rings is 2. The fraction of sp³-hybridized carbons (Fsp3) is 0.115. The Labute approximate surface area is 211 Å². The van der Waals surface area contributed by atoms with Crippen LogP contribution in [0.1, 0.15) is 23.5 Å². The van der Waals surface area contributed by atoms with Gasteiger partial charge in [-0.3, -0.25) is 9.78 Å². The molecule has 4 aromatic rings. The van der Waals surface area contributed by atoms with Crippen LogP contribution in [0.25, 0.3) is 11.3 Å². The van der Waals surface area contributed by atoms with Crippen molar-refractivity contribution in [3.8, 4) is 11.3 Å². The van der Waals surface area contributed by atoms with Gasteiger partial charge in [0.15, 0.2) is 5.11 Å². The Hall–Kier alpha value is -3.49. The molecule has 0 radical (unpaired) electrons. The number of thiocarbonyl (C=S) groups is 1. The van der Waals surface area contributed by atoms with Gasteiger partial charge >= 0.3 is 0 Å². The number of hydrogen-bond donors (Lipinski definition) is 2. The van der Waals surface area contributed by atoms with Crippen molar-refractivity contribution in [1.29, 1.82) is 0 Å². The summed E-state index contributed by atoms with van der Waals surface area (Å²) in [4.78, 5) is 19.3. The Morgan fingerprint density at radius 1 is 1.03 bits per heavy atom. The van der Waals surface area contributed by atoms with Gasteiger partial charge in [0.2, 0.25) is 5.91 Å². The van der Waals surface area contributed by atoms with E-state index in [9.17, 15) is 4.79 Å². The number of hydrogen-bond acceptors (Lipinski definition) is 4. The third-order valence-corrected chi connectivity index (χ3v) is 6.50. The summed E-state index contributed by atoms with van der Waals surface area (Å²) in [7, 11) is 0. The summed E-state index contributed by atoms with van der Waals surface area (Å²) in [6.45, 7) is 0.0725. The highest BCUT2D eigenvalue weighted by Crippen LogP contribution is 2.40. The number of pyridine rings is 1. The lowest BCUT2D eigenvalue weighted by molar-refractivity contribution is -0.116. The zero-order valence-electron chi connectivity index (χ0n) is 18.0. The topological polar surface area (TPSA) is 70.4 Å². The van der Waals surface area contributed by atoms with Gasteiger partial charge in [-0.05, 0) is 60.7 Å². The molecule has 3 heterocycles. The molecule has 2 atom stereocenters. The number of nitrogens with zero attached hydrogens (tertiary/aromatic N) is 2. The highest BCUT2D eigenvalue weighted by molar-refractivity contribution is 9.10. The average Bonchev–Trinajstić information content (AvgIpc) is 3.46. The number of rotatable bonds is 6. The van der Waals surface area contributed by atoms with E-state index in [4.69, 9.17) is 16.6 Å². The Morgan fingerprint density at radius 3 is 2.53 bits per heavy atom. The van der Waals surface area contributed by atoms with E-state index in [2.05, 4.69) is 31.5 Å². The minimum absolute atomic E-state index is 0.0725. The molecule has 1 amide bonds. The van der Waals surface area contributed by atoms with E-state index < -0.39 is 0 Å². The summed E-state index contributed by atoms with van der Waals surface area (Å²) < 4.78 is 7.31. The largest absolute Gasteiger partial charge is 0.459 e. The van der Waals surface area contributed by atoms with Gasteiger partial charge in [-0.1, -0.05) is 52.3 Å². The van der Waals surface area contributed by atoms with Crippen LogP contribution in [0, 0.1) is 0 Å². The highest BCUT2D eigenvalue weighted by atomic mass is 79.9. The van der Waals surface area contributed by atoms with Crippen molar-refractivity contribution in [2.24, 2.45) is 0 Å². The van der Waals surface area contributed by atoms with Crippen LogP contribution in [0.3, 0.4) is 0 Å². The van der Waals surface area contributed by atoms with Gasteiger partial charge in [0.05, 0.1) is 11.7 Å². The Balaban J connectivity index is 1.46. The summed E-state index contributed by atoms with van der Waals surface area (Å²) in [5.41, 5.74) is 2.52. The third-order valence-electron chi connectivity index (χ3n) is 5.62. The van der Waals surface area contributed by atoms with Crippen LogP contribution in [0.15, 0.2) is 100 Å². The molecular formula is C26H21BrN4O2S. The third kappa shape index (κ3) is 4.73. The average molecular weight is 533 g/mol. The minimum Gasteiger partial charge on any atom is -0.459 e. The molecule has 0 bridgehead atoms. The Kier molecular flexibility index (Phi) is 6.42. The maximum absolute atomic E-state index is 12.9. The molecular weight excluding hydrogens is 512 g/mol. The SMILES string of the molecule is O=C(CN1C(=S)N[C@@H](c2ccccn2)[C@@H]1c1ccc(-c2ccc(Br)cc2)o1)Nc1ccccc1. The number of aromatic nitrogens is 1. The van der Waals surface area contributed by atoms with Crippen molar-refractivity contribution in [3.63, 3.8) is 0 Å². The lowest BCUT2D eigenvalue weighted by Gasteiger charge is -2.25. The van der Waals surface area contributed by atoms with Crippen molar-refractivity contribution >= 4 is 44.9 Å². The van der Waals surface area contributed by atoms with Gasteiger partial charge in [0, 0.05) is 21.9 Å². The first kappa shape index (κ1) is 22.3. The molecule has 2 aromatic heterocycles. The molecule has 34 heavy (non-hydrogen) atoms. The smallest absolute Gasteiger partial charge is 0.244 e. The van der Waals surface area contributed by atoms with Crippen LogP contribution >= 0.6 is 28.1 Å². The minimum atomic E-state index is -0.340. The molecule has 0 aliphatic carbocycles. The molecule has 1 aliphatic rings. The molecule has 2 aromatic carbocycles. The molecule has 6 nitrogen and oxygen atoms in total. The quantitative estimate of drug-likeness (QED) is 0.309. The van der Waals surface area contributed by atoms with E-state index in [0.29, 0.717) is 10.9 Å².